The Labute approximate surface area is 154 Å². The summed E-state index contributed by atoms with van der Waals surface area (Å²) in [5.41, 5.74) is 0.260. The van der Waals surface area contributed by atoms with Gasteiger partial charge in [0.25, 0.3) is 5.91 Å². The van der Waals surface area contributed by atoms with Crippen molar-refractivity contribution in [2.75, 3.05) is 19.6 Å². The number of hydrogen-bond acceptors (Lipinski definition) is 3. The van der Waals surface area contributed by atoms with Gasteiger partial charge in [0.1, 0.15) is 0 Å². The molecule has 26 heavy (non-hydrogen) atoms. The number of piperidine rings is 1. The largest absolute Gasteiger partial charge is 0.416 e. The van der Waals surface area contributed by atoms with Crippen LogP contribution in [0.4, 0.5) is 13.2 Å². The summed E-state index contributed by atoms with van der Waals surface area (Å²) in [6, 6.07) is 9.02. The minimum absolute atomic E-state index is 0.0418. The molecule has 1 aliphatic rings. The normalized spacial score (nSPS) is 18.7. The molecule has 2 aromatic rings. The number of rotatable bonds is 5. The fourth-order valence-corrected chi connectivity index (χ4v) is 3.89. The van der Waals surface area contributed by atoms with Crippen molar-refractivity contribution in [2.24, 2.45) is 5.92 Å². The minimum Gasteiger partial charge on any atom is -0.351 e. The second kappa shape index (κ2) is 8.22. The highest BCUT2D eigenvalue weighted by molar-refractivity contribution is 7.12. The topological polar surface area (TPSA) is 32.3 Å². The molecule has 0 bridgehead atoms. The number of carbonyl (C=O) groups excluding carboxylic acids is 1. The molecular weight excluding hydrogens is 361 g/mol. The number of benzene rings is 1. The van der Waals surface area contributed by atoms with Gasteiger partial charge in [-0.2, -0.15) is 13.2 Å². The minimum atomic E-state index is -4.30. The van der Waals surface area contributed by atoms with Crippen LogP contribution in [0.15, 0.2) is 41.8 Å². The molecule has 1 atom stereocenters. The van der Waals surface area contributed by atoms with E-state index < -0.39 is 11.7 Å². The number of carbonyl (C=O) groups is 1. The molecule has 1 saturated heterocycles. The highest BCUT2D eigenvalue weighted by Crippen LogP contribution is 2.29. The first kappa shape index (κ1) is 18.9. The molecule has 7 heteroatoms. The van der Waals surface area contributed by atoms with Crippen LogP contribution in [-0.4, -0.2) is 30.4 Å². The lowest BCUT2D eigenvalue weighted by Gasteiger charge is -2.32. The molecule has 3 rings (SSSR count). The Morgan fingerprint density at radius 2 is 2.00 bits per heavy atom. The molecular formula is C19H21F3N2OS. The summed E-state index contributed by atoms with van der Waals surface area (Å²) in [7, 11) is 0. The van der Waals surface area contributed by atoms with E-state index in [1.165, 1.54) is 11.3 Å². The molecule has 0 aliphatic carbocycles. The van der Waals surface area contributed by atoms with Crippen molar-refractivity contribution in [3.8, 4) is 0 Å². The smallest absolute Gasteiger partial charge is 0.351 e. The summed E-state index contributed by atoms with van der Waals surface area (Å²) in [5.74, 6) is 0.321. The zero-order valence-corrected chi connectivity index (χ0v) is 15.1. The molecule has 1 fully saturated rings. The van der Waals surface area contributed by atoms with Crippen molar-refractivity contribution in [1.29, 1.82) is 0 Å². The van der Waals surface area contributed by atoms with Gasteiger partial charge in [-0.05, 0) is 54.4 Å². The van der Waals surface area contributed by atoms with E-state index in [-0.39, 0.29) is 5.91 Å². The predicted octanol–water partition coefficient (Wildman–Crippen LogP) is 4.41. The van der Waals surface area contributed by atoms with Crippen LogP contribution in [-0.2, 0) is 12.7 Å². The lowest BCUT2D eigenvalue weighted by atomic mass is 9.97. The first-order valence-electron chi connectivity index (χ1n) is 8.62. The molecule has 1 aliphatic heterocycles. The highest BCUT2D eigenvalue weighted by Gasteiger charge is 2.30. The van der Waals surface area contributed by atoms with Crippen molar-refractivity contribution in [3.63, 3.8) is 0 Å². The molecule has 0 saturated carbocycles. The summed E-state index contributed by atoms with van der Waals surface area (Å²) in [5, 5.41) is 4.86. The fraction of sp³-hybridized carbons (Fsp3) is 0.421. The number of halogens is 3. The van der Waals surface area contributed by atoms with Crippen LogP contribution in [0.2, 0.25) is 0 Å². The van der Waals surface area contributed by atoms with Crippen molar-refractivity contribution >= 4 is 17.2 Å². The molecule has 1 amide bonds. The zero-order valence-electron chi connectivity index (χ0n) is 14.3. The van der Waals surface area contributed by atoms with Gasteiger partial charge in [0.2, 0.25) is 0 Å². The van der Waals surface area contributed by atoms with Gasteiger partial charge in [-0.15, -0.1) is 11.3 Å². The summed E-state index contributed by atoms with van der Waals surface area (Å²) in [4.78, 5) is 15.0. The van der Waals surface area contributed by atoms with Crippen LogP contribution in [0.25, 0.3) is 0 Å². The maximum absolute atomic E-state index is 12.6. The predicted molar refractivity (Wildman–Crippen MR) is 96.1 cm³/mol. The van der Waals surface area contributed by atoms with Crippen molar-refractivity contribution in [3.05, 3.63) is 57.8 Å². The Kier molecular flexibility index (Phi) is 5.98. The van der Waals surface area contributed by atoms with Crippen LogP contribution in [0.5, 0.6) is 0 Å². The van der Waals surface area contributed by atoms with E-state index >= 15 is 0 Å². The van der Waals surface area contributed by atoms with E-state index in [9.17, 15) is 18.0 Å². The average Bonchev–Trinajstić information content (AvgIpc) is 3.14. The van der Waals surface area contributed by atoms with Crippen LogP contribution in [0.3, 0.4) is 0 Å². The quantitative estimate of drug-likeness (QED) is 0.831. The van der Waals surface area contributed by atoms with E-state index in [0.29, 0.717) is 23.9 Å². The maximum Gasteiger partial charge on any atom is 0.416 e. The second-order valence-electron chi connectivity index (χ2n) is 6.63. The lowest BCUT2D eigenvalue weighted by molar-refractivity contribution is -0.137. The molecule has 140 valence electrons. The summed E-state index contributed by atoms with van der Waals surface area (Å²) < 4.78 is 37.9. The highest BCUT2D eigenvalue weighted by atomic mass is 32.1. The van der Waals surface area contributed by atoms with Gasteiger partial charge in [0, 0.05) is 19.6 Å². The van der Waals surface area contributed by atoms with Crippen molar-refractivity contribution in [2.45, 2.75) is 25.6 Å². The van der Waals surface area contributed by atoms with Crippen LogP contribution >= 0.6 is 11.3 Å². The second-order valence-corrected chi connectivity index (χ2v) is 7.57. The number of nitrogens with zero attached hydrogens (tertiary/aromatic N) is 1. The van der Waals surface area contributed by atoms with E-state index in [1.54, 1.807) is 18.2 Å². The van der Waals surface area contributed by atoms with Gasteiger partial charge < -0.3 is 5.32 Å². The van der Waals surface area contributed by atoms with Gasteiger partial charge in [0.15, 0.2) is 0 Å². The number of alkyl halides is 3. The molecule has 3 nitrogen and oxygen atoms in total. The van der Waals surface area contributed by atoms with Crippen LogP contribution in [0.1, 0.15) is 33.6 Å². The van der Waals surface area contributed by atoms with Gasteiger partial charge in [-0.1, -0.05) is 18.2 Å². The monoisotopic (exact) mass is 382 g/mol. The summed E-state index contributed by atoms with van der Waals surface area (Å²) >= 11 is 1.42. The van der Waals surface area contributed by atoms with Gasteiger partial charge in [-0.3, -0.25) is 9.69 Å². The Balaban J connectivity index is 1.49. The Hall–Kier alpha value is -1.86. The molecule has 0 spiro atoms. The molecule has 1 aromatic heterocycles. The third-order valence-electron chi connectivity index (χ3n) is 4.59. The molecule has 1 unspecified atom stereocenters. The third kappa shape index (κ3) is 5.08. The summed E-state index contributed by atoms with van der Waals surface area (Å²) in [6.07, 6.45) is -2.22. The number of thiophene rings is 1. The van der Waals surface area contributed by atoms with Crippen LogP contribution in [0, 0.1) is 5.92 Å². The van der Waals surface area contributed by atoms with Gasteiger partial charge in [0.05, 0.1) is 10.4 Å². The van der Waals surface area contributed by atoms with Crippen LogP contribution < -0.4 is 5.32 Å². The molecule has 1 N–H and O–H groups in total. The van der Waals surface area contributed by atoms with E-state index in [4.69, 9.17) is 0 Å². The third-order valence-corrected chi connectivity index (χ3v) is 5.46. The SMILES string of the molecule is O=C(NCC1CCCN(Cc2ccc(C(F)(F)F)cc2)C1)c1cccs1. The first-order chi connectivity index (χ1) is 12.4. The summed E-state index contributed by atoms with van der Waals surface area (Å²) in [6.45, 7) is 3.02. The Morgan fingerprint density at radius 3 is 2.65 bits per heavy atom. The Bertz CT molecular complexity index is 713. The standard InChI is InChI=1S/C19H21F3N2OS/c20-19(21,22)16-7-5-14(6-8-16)12-24-9-1-3-15(13-24)11-23-18(25)17-4-2-10-26-17/h2,4-8,10,15H,1,3,9,11-13H2,(H,23,25). The number of amides is 1. The molecule has 0 radical (unpaired) electrons. The van der Waals surface area contributed by atoms with Gasteiger partial charge >= 0.3 is 6.18 Å². The number of likely N-dealkylation sites (tertiary alicyclic amines) is 1. The zero-order chi connectivity index (χ0) is 18.6. The molecule has 1 aromatic carbocycles. The fourth-order valence-electron chi connectivity index (χ4n) is 3.25. The lowest BCUT2D eigenvalue weighted by Crippen LogP contribution is -2.40. The maximum atomic E-state index is 12.6. The first-order valence-corrected chi connectivity index (χ1v) is 9.50. The van der Waals surface area contributed by atoms with E-state index in [0.717, 1.165) is 43.6 Å². The molecule has 2 heterocycles. The van der Waals surface area contributed by atoms with E-state index in [1.807, 2.05) is 11.4 Å². The average molecular weight is 382 g/mol. The Morgan fingerprint density at radius 1 is 1.23 bits per heavy atom. The number of hydrogen-bond donors (Lipinski definition) is 1. The van der Waals surface area contributed by atoms with Crippen molar-refractivity contribution < 1.29 is 18.0 Å². The van der Waals surface area contributed by atoms with E-state index in [2.05, 4.69) is 10.2 Å². The van der Waals surface area contributed by atoms with Crippen molar-refractivity contribution in [1.82, 2.24) is 10.2 Å². The number of nitrogens with one attached hydrogen (secondary N) is 1. The van der Waals surface area contributed by atoms with Gasteiger partial charge in [-0.25, -0.2) is 0 Å².